The second kappa shape index (κ2) is 6.26. The third-order valence-corrected chi connectivity index (χ3v) is 5.00. The molecule has 0 saturated heterocycles. The third kappa shape index (κ3) is 3.23. The standard InChI is InChI=1S/C20H21N3O2/c24-18(15-4-2-1-3-5-15)20(9-10-20)13-22-19(25)23-16-7-6-14-8-11-21-17(14)12-16/h1-8,11-12,18,21,24H,9-10,13H2,(H2,22,23,25). The number of hydrogen-bond donors (Lipinski definition) is 4. The molecule has 1 heterocycles. The molecule has 1 unspecified atom stereocenters. The molecule has 1 aliphatic carbocycles. The Morgan fingerprint density at radius 1 is 1.16 bits per heavy atom. The lowest BCUT2D eigenvalue weighted by Crippen LogP contribution is -2.36. The highest BCUT2D eigenvalue weighted by Crippen LogP contribution is 2.54. The van der Waals surface area contributed by atoms with Crippen LogP contribution in [0.3, 0.4) is 0 Å². The van der Waals surface area contributed by atoms with Crippen LogP contribution in [-0.2, 0) is 0 Å². The highest BCUT2D eigenvalue weighted by molar-refractivity contribution is 5.92. The Hall–Kier alpha value is -2.79. The number of carbonyl (C=O) groups excluding carboxylic acids is 1. The summed E-state index contributed by atoms with van der Waals surface area (Å²) < 4.78 is 0. The third-order valence-electron chi connectivity index (χ3n) is 5.00. The summed E-state index contributed by atoms with van der Waals surface area (Å²) >= 11 is 0. The molecule has 3 aromatic rings. The van der Waals surface area contributed by atoms with Gasteiger partial charge in [-0.3, -0.25) is 0 Å². The van der Waals surface area contributed by atoms with Crippen molar-refractivity contribution in [2.24, 2.45) is 5.41 Å². The second-order valence-electron chi connectivity index (χ2n) is 6.76. The van der Waals surface area contributed by atoms with Gasteiger partial charge in [-0.2, -0.15) is 0 Å². The summed E-state index contributed by atoms with van der Waals surface area (Å²) in [5.41, 5.74) is 2.37. The zero-order valence-electron chi connectivity index (χ0n) is 13.8. The molecular formula is C20H21N3O2. The molecule has 128 valence electrons. The van der Waals surface area contributed by atoms with E-state index in [4.69, 9.17) is 0 Å². The predicted octanol–water partition coefficient (Wildman–Crippen LogP) is 3.80. The Morgan fingerprint density at radius 2 is 1.96 bits per heavy atom. The van der Waals surface area contributed by atoms with Gasteiger partial charge in [0.1, 0.15) is 0 Å². The Kier molecular flexibility index (Phi) is 3.93. The van der Waals surface area contributed by atoms with Crippen LogP contribution in [-0.4, -0.2) is 22.7 Å². The minimum Gasteiger partial charge on any atom is -0.388 e. The molecule has 0 bridgehead atoms. The van der Waals surface area contributed by atoms with Crippen molar-refractivity contribution in [1.82, 2.24) is 10.3 Å². The number of fused-ring (bicyclic) bond motifs is 1. The molecule has 1 aliphatic rings. The first-order valence-electron chi connectivity index (χ1n) is 8.51. The van der Waals surface area contributed by atoms with E-state index in [1.807, 2.05) is 60.8 Å². The highest BCUT2D eigenvalue weighted by Gasteiger charge is 2.49. The van der Waals surface area contributed by atoms with Crippen molar-refractivity contribution in [2.45, 2.75) is 18.9 Å². The second-order valence-corrected chi connectivity index (χ2v) is 6.76. The van der Waals surface area contributed by atoms with Crippen molar-refractivity contribution < 1.29 is 9.90 Å². The van der Waals surface area contributed by atoms with E-state index in [0.717, 1.165) is 35.0 Å². The van der Waals surface area contributed by atoms with Crippen LogP contribution in [0.2, 0.25) is 0 Å². The number of rotatable bonds is 5. The molecule has 2 aromatic carbocycles. The first-order chi connectivity index (χ1) is 12.2. The number of aliphatic hydroxyl groups is 1. The lowest BCUT2D eigenvalue weighted by Gasteiger charge is -2.23. The van der Waals surface area contributed by atoms with E-state index in [9.17, 15) is 9.90 Å². The Labute approximate surface area is 146 Å². The minimum absolute atomic E-state index is 0.248. The van der Waals surface area contributed by atoms with E-state index in [2.05, 4.69) is 15.6 Å². The van der Waals surface area contributed by atoms with Crippen molar-refractivity contribution in [3.63, 3.8) is 0 Å². The molecule has 1 saturated carbocycles. The first-order valence-corrected chi connectivity index (χ1v) is 8.51. The zero-order valence-corrected chi connectivity index (χ0v) is 13.8. The fourth-order valence-corrected chi connectivity index (χ4v) is 3.25. The predicted molar refractivity (Wildman–Crippen MR) is 98.4 cm³/mol. The molecule has 1 atom stereocenters. The van der Waals surface area contributed by atoms with Gasteiger partial charge in [0, 0.05) is 29.4 Å². The summed E-state index contributed by atoms with van der Waals surface area (Å²) in [7, 11) is 0. The topological polar surface area (TPSA) is 77.2 Å². The van der Waals surface area contributed by atoms with Gasteiger partial charge in [-0.1, -0.05) is 36.4 Å². The van der Waals surface area contributed by atoms with Gasteiger partial charge < -0.3 is 20.7 Å². The number of H-pyrrole nitrogens is 1. The van der Waals surface area contributed by atoms with Crippen molar-refractivity contribution in [1.29, 1.82) is 0 Å². The summed E-state index contributed by atoms with van der Waals surface area (Å²) in [5.74, 6) is 0. The van der Waals surface area contributed by atoms with Crippen molar-refractivity contribution in [3.8, 4) is 0 Å². The van der Waals surface area contributed by atoms with E-state index in [1.54, 1.807) is 0 Å². The van der Waals surface area contributed by atoms with Gasteiger partial charge >= 0.3 is 6.03 Å². The van der Waals surface area contributed by atoms with Crippen LogP contribution in [0.4, 0.5) is 10.5 Å². The van der Waals surface area contributed by atoms with E-state index < -0.39 is 6.10 Å². The molecule has 1 fully saturated rings. The first kappa shape index (κ1) is 15.7. The smallest absolute Gasteiger partial charge is 0.319 e. The van der Waals surface area contributed by atoms with Gasteiger partial charge in [0.25, 0.3) is 0 Å². The van der Waals surface area contributed by atoms with Gasteiger partial charge in [0.15, 0.2) is 0 Å². The molecule has 2 amide bonds. The average molecular weight is 335 g/mol. The molecule has 0 radical (unpaired) electrons. The van der Waals surface area contributed by atoms with Crippen molar-refractivity contribution in [3.05, 3.63) is 66.4 Å². The largest absolute Gasteiger partial charge is 0.388 e. The number of aliphatic hydroxyl groups excluding tert-OH is 1. The Morgan fingerprint density at radius 3 is 2.72 bits per heavy atom. The van der Waals surface area contributed by atoms with Gasteiger partial charge in [0.2, 0.25) is 0 Å². The van der Waals surface area contributed by atoms with E-state index in [-0.39, 0.29) is 11.4 Å². The van der Waals surface area contributed by atoms with E-state index >= 15 is 0 Å². The maximum atomic E-state index is 12.2. The van der Waals surface area contributed by atoms with E-state index in [1.165, 1.54) is 0 Å². The van der Waals surface area contributed by atoms with Gasteiger partial charge in [-0.15, -0.1) is 0 Å². The van der Waals surface area contributed by atoms with Gasteiger partial charge in [-0.05, 0) is 42.0 Å². The van der Waals surface area contributed by atoms with Crippen LogP contribution < -0.4 is 10.6 Å². The number of nitrogens with one attached hydrogen (secondary N) is 3. The van der Waals surface area contributed by atoms with Crippen LogP contribution in [0.1, 0.15) is 24.5 Å². The monoisotopic (exact) mass is 335 g/mol. The molecule has 4 rings (SSSR count). The Balaban J connectivity index is 1.36. The maximum Gasteiger partial charge on any atom is 0.319 e. The van der Waals surface area contributed by atoms with Gasteiger partial charge in [-0.25, -0.2) is 4.79 Å². The summed E-state index contributed by atoms with van der Waals surface area (Å²) in [6.45, 7) is 0.458. The van der Waals surface area contributed by atoms with Crippen molar-refractivity contribution >= 4 is 22.6 Å². The van der Waals surface area contributed by atoms with Crippen LogP contribution >= 0.6 is 0 Å². The number of hydrogen-bond acceptors (Lipinski definition) is 2. The molecule has 0 aliphatic heterocycles. The van der Waals surface area contributed by atoms with Crippen LogP contribution in [0, 0.1) is 5.41 Å². The fourth-order valence-electron chi connectivity index (χ4n) is 3.25. The summed E-state index contributed by atoms with van der Waals surface area (Å²) in [6.07, 6.45) is 3.15. The normalized spacial score (nSPS) is 16.4. The lowest BCUT2D eigenvalue weighted by molar-refractivity contribution is 0.0936. The molecule has 25 heavy (non-hydrogen) atoms. The number of anilines is 1. The van der Waals surface area contributed by atoms with Crippen LogP contribution in [0.15, 0.2) is 60.8 Å². The lowest BCUT2D eigenvalue weighted by atomic mass is 9.93. The summed E-state index contributed by atoms with van der Waals surface area (Å²) in [5, 5.41) is 17.5. The number of benzene rings is 2. The average Bonchev–Trinajstić information content (AvgIpc) is 3.29. The minimum atomic E-state index is -0.552. The van der Waals surface area contributed by atoms with Crippen LogP contribution in [0.5, 0.6) is 0 Å². The number of aromatic amines is 1. The number of amides is 2. The van der Waals surface area contributed by atoms with Crippen LogP contribution in [0.25, 0.3) is 10.9 Å². The van der Waals surface area contributed by atoms with E-state index in [0.29, 0.717) is 6.54 Å². The number of carbonyl (C=O) groups is 1. The molecule has 5 heteroatoms. The number of aromatic nitrogens is 1. The summed E-state index contributed by atoms with van der Waals surface area (Å²) in [6, 6.07) is 17.1. The molecule has 0 spiro atoms. The molecule has 1 aromatic heterocycles. The Bertz CT molecular complexity index is 884. The van der Waals surface area contributed by atoms with Crippen molar-refractivity contribution in [2.75, 3.05) is 11.9 Å². The highest BCUT2D eigenvalue weighted by atomic mass is 16.3. The molecular weight excluding hydrogens is 314 g/mol. The zero-order chi connectivity index (χ0) is 17.3. The maximum absolute atomic E-state index is 12.2. The molecule has 5 nitrogen and oxygen atoms in total. The summed E-state index contributed by atoms with van der Waals surface area (Å²) in [4.78, 5) is 15.3. The molecule has 4 N–H and O–H groups in total. The number of urea groups is 1. The fraction of sp³-hybridized carbons (Fsp3) is 0.250. The van der Waals surface area contributed by atoms with Gasteiger partial charge in [0.05, 0.1) is 6.10 Å². The quantitative estimate of drug-likeness (QED) is 0.572. The SMILES string of the molecule is O=C(NCC1(C(O)c2ccccc2)CC1)Nc1ccc2cc[nH]c2c1.